The highest BCUT2D eigenvalue weighted by atomic mass is 16.5. The standard InChI is InChI=1S/C30H58O7/c1-2-30(25-33,26-36-28(34)21-17-13-9-5-3-7-11-15-19-23-31)27-37-29(35)22-18-14-10-6-4-8-12-16-20-24-32/h31-33H,2-27H2,1H3. The minimum atomic E-state index is -0.739. The molecule has 7 nitrogen and oxygen atoms in total. The molecular formula is C30H58O7. The molecule has 0 atom stereocenters. The van der Waals surface area contributed by atoms with E-state index in [1.807, 2.05) is 6.92 Å². The summed E-state index contributed by atoms with van der Waals surface area (Å²) in [6.07, 6.45) is 20.7. The molecule has 3 N–H and O–H groups in total. The van der Waals surface area contributed by atoms with E-state index in [0.29, 0.717) is 19.3 Å². The van der Waals surface area contributed by atoms with Crippen LogP contribution >= 0.6 is 0 Å². The third-order valence-corrected chi connectivity index (χ3v) is 7.24. The Kier molecular flexibility index (Phi) is 25.6. The van der Waals surface area contributed by atoms with Crippen LogP contribution in [0.15, 0.2) is 0 Å². The molecule has 37 heavy (non-hydrogen) atoms. The van der Waals surface area contributed by atoms with Gasteiger partial charge in [-0.1, -0.05) is 96.8 Å². The molecule has 7 heteroatoms. The molecule has 0 amide bonds. The number of carbonyl (C=O) groups excluding carboxylic acids is 2. The van der Waals surface area contributed by atoms with Gasteiger partial charge in [-0.05, 0) is 32.1 Å². The molecule has 0 saturated carbocycles. The Morgan fingerprint density at radius 2 is 0.811 bits per heavy atom. The van der Waals surface area contributed by atoms with E-state index >= 15 is 0 Å². The summed E-state index contributed by atoms with van der Waals surface area (Å²) in [6.45, 7) is 2.42. The van der Waals surface area contributed by atoms with E-state index in [4.69, 9.17) is 19.7 Å². The number of aliphatic hydroxyl groups is 3. The second-order valence-corrected chi connectivity index (χ2v) is 10.6. The van der Waals surface area contributed by atoms with Crippen molar-refractivity contribution in [2.24, 2.45) is 5.41 Å². The zero-order valence-corrected chi connectivity index (χ0v) is 23.9. The van der Waals surface area contributed by atoms with Gasteiger partial charge in [0.2, 0.25) is 0 Å². The number of carbonyl (C=O) groups is 2. The molecule has 0 fully saturated rings. The Balaban J connectivity index is 3.88. The van der Waals surface area contributed by atoms with E-state index in [0.717, 1.165) is 64.2 Å². The van der Waals surface area contributed by atoms with Gasteiger partial charge in [-0.15, -0.1) is 0 Å². The van der Waals surface area contributed by atoms with Crippen molar-refractivity contribution < 1.29 is 34.4 Å². The minimum Gasteiger partial charge on any atom is -0.465 e. The molecular weight excluding hydrogens is 472 g/mol. The zero-order chi connectivity index (χ0) is 27.5. The van der Waals surface area contributed by atoms with Crippen LogP contribution < -0.4 is 0 Å². The molecule has 0 spiro atoms. The molecule has 0 aliphatic heterocycles. The number of unbranched alkanes of at least 4 members (excludes halogenated alkanes) is 16. The van der Waals surface area contributed by atoms with E-state index in [9.17, 15) is 14.7 Å². The number of ether oxygens (including phenoxy) is 2. The second kappa shape index (κ2) is 26.4. The first-order valence-electron chi connectivity index (χ1n) is 15.2. The number of hydrogen-bond donors (Lipinski definition) is 3. The van der Waals surface area contributed by atoms with Gasteiger partial charge in [0.25, 0.3) is 0 Å². The van der Waals surface area contributed by atoms with Crippen LogP contribution in [0, 0.1) is 5.41 Å². The molecule has 0 aromatic rings. The van der Waals surface area contributed by atoms with Gasteiger partial charge in [0.15, 0.2) is 0 Å². The highest BCUT2D eigenvalue weighted by molar-refractivity contribution is 5.69. The van der Waals surface area contributed by atoms with Crippen LogP contribution in [0.5, 0.6) is 0 Å². The van der Waals surface area contributed by atoms with Gasteiger partial charge in [0.1, 0.15) is 13.2 Å². The van der Waals surface area contributed by atoms with E-state index in [1.54, 1.807) is 0 Å². The van der Waals surface area contributed by atoms with Gasteiger partial charge in [-0.3, -0.25) is 9.59 Å². The predicted molar refractivity (Wildman–Crippen MR) is 148 cm³/mol. The van der Waals surface area contributed by atoms with E-state index in [2.05, 4.69) is 0 Å². The van der Waals surface area contributed by atoms with Gasteiger partial charge in [-0.25, -0.2) is 0 Å². The highest BCUT2D eigenvalue weighted by Crippen LogP contribution is 2.23. The molecule has 0 rings (SSSR count). The van der Waals surface area contributed by atoms with E-state index in [-0.39, 0.29) is 45.0 Å². The first-order chi connectivity index (χ1) is 18.0. The molecule has 0 aliphatic carbocycles. The lowest BCUT2D eigenvalue weighted by atomic mass is 9.88. The average Bonchev–Trinajstić information content (AvgIpc) is 2.91. The van der Waals surface area contributed by atoms with Crippen molar-refractivity contribution in [3.05, 3.63) is 0 Å². The molecule has 0 aromatic carbocycles. The van der Waals surface area contributed by atoms with Crippen molar-refractivity contribution in [3.8, 4) is 0 Å². The smallest absolute Gasteiger partial charge is 0.305 e. The average molecular weight is 531 g/mol. The quantitative estimate of drug-likeness (QED) is 0.0809. The van der Waals surface area contributed by atoms with Crippen molar-refractivity contribution in [1.29, 1.82) is 0 Å². The highest BCUT2D eigenvalue weighted by Gasteiger charge is 2.31. The summed E-state index contributed by atoms with van der Waals surface area (Å²) in [5.74, 6) is -0.509. The van der Waals surface area contributed by atoms with Gasteiger partial charge in [0.05, 0.1) is 12.0 Å². The van der Waals surface area contributed by atoms with Crippen molar-refractivity contribution in [2.45, 2.75) is 142 Å². The summed E-state index contributed by atoms with van der Waals surface area (Å²) in [6, 6.07) is 0. The van der Waals surface area contributed by atoms with Gasteiger partial charge in [0, 0.05) is 26.1 Å². The summed E-state index contributed by atoms with van der Waals surface area (Å²) in [4.78, 5) is 24.3. The maximum atomic E-state index is 12.2. The van der Waals surface area contributed by atoms with Gasteiger partial charge >= 0.3 is 11.9 Å². The van der Waals surface area contributed by atoms with Crippen LogP contribution in [0.2, 0.25) is 0 Å². The molecule has 220 valence electrons. The molecule has 0 saturated heterocycles. The fraction of sp³-hybridized carbons (Fsp3) is 0.933. The first-order valence-corrected chi connectivity index (χ1v) is 15.2. The predicted octanol–water partition coefficient (Wildman–Crippen LogP) is 6.25. The molecule has 0 aromatic heterocycles. The third kappa shape index (κ3) is 22.5. The maximum Gasteiger partial charge on any atom is 0.305 e. The summed E-state index contributed by atoms with van der Waals surface area (Å²) in [5.41, 5.74) is -0.739. The van der Waals surface area contributed by atoms with Crippen LogP contribution in [0.4, 0.5) is 0 Å². The number of rotatable bonds is 28. The fourth-order valence-electron chi connectivity index (χ4n) is 4.30. The lowest BCUT2D eigenvalue weighted by Gasteiger charge is -2.29. The third-order valence-electron chi connectivity index (χ3n) is 7.24. The zero-order valence-electron chi connectivity index (χ0n) is 23.9. The maximum absolute atomic E-state index is 12.2. The topological polar surface area (TPSA) is 113 Å². The molecule has 0 unspecified atom stereocenters. The van der Waals surface area contributed by atoms with Crippen LogP contribution in [0.1, 0.15) is 142 Å². The number of esters is 2. The Morgan fingerprint density at radius 3 is 1.08 bits per heavy atom. The second-order valence-electron chi connectivity index (χ2n) is 10.6. The summed E-state index contributed by atoms with van der Waals surface area (Å²) < 4.78 is 10.9. The van der Waals surface area contributed by atoms with Gasteiger partial charge in [-0.2, -0.15) is 0 Å². The largest absolute Gasteiger partial charge is 0.465 e. The van der Waals surface area contributed by atoms with Crippen LogP contribution in [-0.2, 0) is 19.1 Å². The summed E-state index contributed by atoms with van der Waals surface area (Å²) in [7, 11) is 0. The van der Waals surface area contributed by atoms with Crippen molar-refractivity contribution in [3.63, 3.8) is 0 Å². The Labute approximate surface area is 226 Å². The molecule has 0 heterocycles. The SMILES string of the molecule is CCC(CO)(COC(=O)CCCCCCCCCCCO)COC(=O)CCCCCCCCCCCO. The Bertz CT molecular complexity index is 478. The van der Waals surface area contributed by atoms with E-state index in [1.165, 1.54) is 51.4 Å². The van der Waals surface area contributed by atoms with Crippen molar-refractivity contribution >= 4 is 11.9 Å². The summed E-state index contributed by atoms with van der Waals surface area (Å²) in [5, 5.41) is 27.5. The molecule has 0 radical (unpaired) electrons. The summed E-state index contributed by atoms with van der Waals surface area (Å²) >= 11 is 0. The van der Waals surface area contributed by atoms with Crippen LogP contribution in [0.25, 0.3) is 0 Å². The minimum absolute atomic E-state index is 0.0677. The Hall–Kier alpha value is -1.18. The fourth-order valence-corrected chi connectivity index (χ4v) is 4.30. The Morgan fingerprint density at radius 1 is 0.514 bits per heavy atom. The monoisotopic (exact) mass is 530 g/mol. The number of aliphatic hydroxyl groups excluding tert-OH is 3. The lowest BCUT2D eigenvalue weighted by molar-refractivity contribution is -0.156. The van der Waals surface area contributed by atoms with Crippen LogP contribution in [-0.4, -0.2) is 60.3 Å². The molecule has 0 bridgehead atoms. The lowest BCUT2D eigenvalue weighted by Crippen LogP contribution is -2.37. The van der Waals surface area contributed by atoms with Crippen LogP contribution in [0.3, 0.4) is 0 Å². The van der Waals surface area contributed by atoms with Crippen molar-refractivity contribution in [1.82, 2.24) is 0 Å². The first kappa shape index (κ1) is 35.8. The normalized spacial score (nSPS) is 11.6. The van der Waals surface area contributed by atoms with Gasteiger partial charge < -0.3 is 24.8 Å². The van der Waals surface area contributed by atoms with E-state index < -0.39 is 5.41 Å². The number of hydrogen-bond acceptors (Lipinski definition) is 7. The molecule has 0 aliphatic rings. The van der Waals surface area contributed by atoms with Crippen molar-refractivity contribution in [2.75, 3.05) is 33.0 Å².